The molecular weight excluding hydrogens is 362 g/mol. The molecule has 9 nitrogen and oxygen atoms in total. The zero-order valence-electron chi connectivity index (χ0n) is 15.4. The maximum absolute atomic E-state index is 12.9. The Morgan fingerprint density at radius 2 is 2.00 bits per heavy atom. The van der Waals surface area contributed by atoms with Crippen LogP contribution < -0.4 is 0 Å². The Kier molecular flexibility index (Phi) is 4.25. The molecule has 2 aliphatic heterocycles. The number of hydrogen-bond acceptors (Lipinski definition) is 6. The number of carbonyl (C=O) groups excluding carboxylic acids is 1. The highest BCUT2D eigenvalue weighted by Gasteiger charge is 2.40. The van der Waals surface area contributed by atoms with Gasteiger partial charge >= 0.3 is 0 Å². The van der Waals surface area contributed by atoms with Gasteiger partial charge in [0.25, 0.3) is 5.91 Å². The Bertz CT molecular complexity index is 947. The number of hydrogen-bond donors (Lipinski definition) is 1. The lowest BCUT2D eigenvalue weighted by Gasteiger charge is -2.18. The summed E-state index contributed by atoms with van der Waals surface area (Å²) in [6.07, 6.45) is 3.37. The lowest BCUT2D eigenvalue weighted by Crippen LogP contribution is -2.31. The molecule has 146 valence electrons. The van der Waals surface area contributed by atoms with Gasteiger partial charge in [-0.3, -0.25) is 14.6 Å². The number of amides is 1. The first-order chi connectivity index (χ1) is 13.7. The third-order valence-electron chi connectivity index (χ3n) is 5.21. The molecule has 0 saturated carbocycles. The maximum Gasteiger partial charge on any atom is 0.274 e. The molecule has 5 heterocycles. The molecule has 0 spiro atoms. The second kappa shape index (κ2) is 6.92. The quantitative estimate of drug-likeness (QED) is 0.739. The summed E-state index contributed by atoms with van der Waals surface area (Å²) >= 11 is 0. The van der Waals surface area contributed by atoms with Gasteiger partial charge in [-0.2, -0.15) is 10.2 Å². The Labute approximate surface area is 161 Å². The summed E-state index contributed by atoms with van der Waals surface area (Å²) in [7, 11) is 0. The van der Waals surface area contributed by atoms with Gasteiger partial charge in [-0.25, -0.2) is 0 Å². The molecule has 0 bridgehead atoms. The van der Waals surface area contributed by atoms with Crippen molar-refractivity contribution in [1.29, 1.82) is 0 Å². The van der Waals surface area contributed by atoms with Gasteiger partial charge in [-0.15, -0.1) is 0 Å². The number of nitrogens with zero attached hydrogens (tertiary/aromatic N) is 4. The number of carbonyl (C=O) groups is 1. The smallest absolute Gasteiger partial charge is 0.274 e. The summed E-state index contributed by atoms with van der Waals surface area (Å²) in [6.45, 7) is 3.86. The van der Waals surface area contributed by atoms with Crippen molar-refractivity contribution in [2.75, 3.05) is 26.3 Å². The topological polar surface area (TPSA) is 98.4 Å². The van der Waals surface area contributed by atoms with Crippen LogP contribution in [0.5, 0.6) is 0 Å². The van der Waals surface area contributed by atoms with Crippen LogP contribution in [0.15, 0.2) is 41.1 Å². The molecule has 28 heavy (non-hydrogen) atoms. The van der Waals surface area contributed by atoms with E-state index in [4.69, 9.17) is 13.9 Å². The van der Waals surface area contributed by atoms with Gasteiger partial charge in [0.15, 0.2) is 11.5 Å². The summed E-state index contributed by atoms with van der Waals surface area (Å²) in [5.41, 5.74) is 1.04. The summed E-state index contributed by atoms with van der Waals surface area (Å²) in [4.78, 5) is 14.6. The maximum atomic E-state index is 12.9. The van der Waals surface area contributed by atoms with Crippen molar-refractivity contribution in [3.05, 3.63) is 48.1 Å². The normalized spacial score (nSPS) is 23.0. The summed E-state index contributed by atoms with van der Waals surface area (Å²) in [5, 5.41) is 11.3. The van der Waals surface area contributed by atoms with Gasteiger partial charge in [0, 0.05) is 31.5 Å². The molecule has 1 amide bonds. The minimum absolute atomic E-state index is 0.0513. The van der Waals surface area contributed by atoms with E-state index in [1.54, 1.807) is 17.2 Å². The zero-order chi connectivity index (χ0) is 19.1. The van der Waals surface area contributed by atoms with E-state index < -0.39 is 0 Å². The van der Waals surface area contributed by atoms with Crippen LogP contribution in [0, 0.1) is 6.92 Å². The first-order valence-corrected chi connectivity index (χ1v) is 9.31. The van der Waals surface area contributed by atoms with Crippen molar-refractivity contribution in [1.82, 2.24) is 24.9 Å². The van der Waals surface area contributed by atoms with Crippen molar-refractivity contribution in [3.8, 4) is 11.5 Å². The molecule has 0 unspecified atom stereocenters. The van der Waals surface area contributed by atoms with E-state index in [-0.39, 0.29) is 24.2 Å². The molecule has 3 aromatic rings. The van der Waals surface area contributed by atoms with Crippen LogP contribution in [0.3, 0.4) is 0 Å². The van der Waals surface area contributed by atoms with Gasteiger partial charge in [0.2, 0.25) is 0 Å². The summed E-state index contributed by atoms with van der Waals surface area (Å²) in [5.74, 6) is 1.32. The fourth-order valence-corrected chi connectivity index (χ4v) is 3.70. The van der Waals surface area contributed by atoms with Crippen LogP contribution in [-0.2, 0) is 9.47 Å². The highest BCUT2D eigenvalue weighted by Crippen LogP contribution is 2.26. The number of furan rings is 1. The van der Waals surface area contributed by atoms with E-state index in [0.717, 1.165) is 5.76 Å². The van der Waals surface area contributed by atoms with Crippen molar-refractivity contribution < 1.29 is 18.7 Å². The molecule has 3 aromatic heterocycles. The number of ether oxygens (including phenoxy) is 2. The Hall–Kier alpha value is -2.91. The Morgan fingerprint density at radius 1 is 1.21 bits per heavy atom. The second-order valence-electron chi connectivity index (χ2n) is 7.17. The van der Waals surface area contributed by atoms with Crippen molar-refractivity contribution in [3.63, 3.8) is 0 Å². The SMILES string of the molecule is Cc1ccc(-c2cc(C(=O)N3C[C@@H]4OCC(n5cccn5)CO[C@H]4C3)n[nH]2)o1. The summed E-state index contributed by atoms with van der Waals surface area (Å²) < 4.78 is 19.5. The van der Waals surface area contributed by atoms with Crippen molar-refractivity contribution in [2.45, 2.75) is 25.2 Å². The van der Waals surface area contributed by atoms with E-state index >= 15 is 0 Å². The van der Waals surface area contributed by atoms with Gasteiger partial charge in [-0.05, 0) is 25.1 Å². The van der Waals surface area contributed by atoms with Crippen LogP contribution in [0.2, 0.25) is 0 Å². The number of likely N-dealkylation sites (tertiary alicyclic amines) is 1. The van der Waals surface area contributed by atoms with E-state index in [1.165, 1.54) is 0 Å². The van der Waals surface area contributed by atoms with E-state index in [2.05, 4.69) is 15.3 Å². The predicted molar refractivity (Wildman–Crippen MR) is 97.7 cm³/mol. The molecular formula is C19H21N5O4. The van der Waals surface area contributed by atoms with E-state index in [9.17, 15) is 4.79 Å². The van der Waals surface area contributed by atoms with Gasteiger partial charge < -0.3 is 18.8 Å². The average molecular weight is 383 g/mol. The van der Waals surface area contributed by atoms with Crippen LogP contribution in [0.25, 0.3) is 11.5 Å². The zero-order valence-corrected chi connectivity index (χ0v) is 15.4. The van der Waals surface area contributed by atoms with Crippen molar-refractivity contribution >= 4 is 5.91 Å². The third-order valence-corrected chi connectivity index (χ3v) is 5.21. The second-order valence-corrected chi connectivity index (χ2v) is 7.17. The number of rotatable bonds is 3. The number of aryl methyl sites for hydroxylation is 1. The number of aromatic nitrogens is 4. The van der Waals surface area contributed by atoms with E-state index in [1.807, 2.05) is 36.0 Å². The number of aromatic amines is 1. The van der Waals surface area contributed by atoms with Gasteiger partial charge in [0.05, 0.1) is 19.3 Å². The molecule has 2 aliphatic rings. The predicted octanol–water partition coefficient (Wildman–Crippen LogP) is 1.66. The average Bonchev–Trinajstić information content (AvgIpc) is 3.48. The molecule has 2 atom stereocenters. The number of nitrogens with one attached hydrogen (secondary N) is 1. The molecule has 1 N–H and O–H groups in total. The molecule has 0 aromatic carbocycles. The third kappa shape index (κ3) is 3.12. The monoisotopic (exact) mass is 383 g/mol. The first-order valence-electron chi connectivity index (χ1n) is 9.31. The molecule has 2 saturated heterocycles. The highest BCUT2D eigenvalue weighted by atomic mass is 16.6. The summed E-state index contributed by atoms with van der Waals surface area (Å²) in [6, 6.07) is 7.37. The Balaban J connectivity index is 1.24. The standard InChI is InChI=1S/C19H21N5O4/c1-12-3-4-16(28-12)14-7-15(22-21-14)19(25)23-8-17-18(9-23)27-11-13(10-26-17)24-6-2-5-20-24/h2-7,13,17-18H,8-11H2,1H3,(H,21,22)/t17-,18-/m0/s1. The Morgan fingerprint density at radius 3 is 2.64 bits per heavy atom. The highest BCUT2D eigenvalue weighted by molar-refractivity contribution is 5.93. The van der Waals surface area contributed by atoms with Gasteiger partial charge in [-0.1, -0.05) is 0 Å². The lowest BCUT2D eigenvalue weighted by atomic mass is 10.3. The molecule has 2 fully saturated rings. The largest absolute Gasteiger partial charge is 0.460 e. The van der Waals surface area contributed by atoms with E-state index in [0.29, 0.717) is 43.5 Å². The minimum atomic E-state index is -0.144. The fraction of sp³-hybridized carbons (Fsp3) is 0.421. The van der Waals surface area contributed by atoms with Gasteiger partial charge in [0.1, 0.15) is 23.7 Å². The minimum Gasteiger partial charge on any atom is -0.460 e. The number of H-pyrrole nitrogens is 1. The molecule has 5 rings (SSSR count). The molecule has 0 aliphatic carbocycles. The van der Waals surface area contributed by atoms with Crippen LogP contribution in [0.4, 0.5) is 0 Å². The fourth-order valence-electron chi connectivity index (χ4n) is 3.70. The first kappa shape index (κ1) is 17.2. The van der Waals surface area contributed by atoms with Crippen LogP contribution >= 0.6 is 0 Å². The van der Waals surface area contributed by atoms with Crippen molar-refractivity contribution in [2.24, 2.45) is 0 Å². The molecule has 0 radical (unpaired) electrons. The van der Waals surface area contributed by atoms with Crippen LogP contribution in [-0.4, -0.2) is 69.3 Å². The van der Waals surface area contributed by atoms with Crippen LogP contribution in [0.1, 0.15) is 22.3 Å². The number of fused-ring (bicyclic) bond motifs is 1. The lowest BCUT2D eigenvalue weighted by molar-refractivity contribution is -0.00461. The molecule has 9 heteroatoms.